The Morgan fingerprint density at radius 3 is 1.84 bits per heavy atom. The first-order chi connectivity index (χ1) is 25.2. The van der Waals surface area contributed by atoms with Gasteiger partial charge in [0.05, 0.1) is 67.4 Å². The molecule has 51 heavy (non-hydrogen) atoms. The van der Waals surface area contributed by atoms with Crippen LogP contribution >= 0.6 is 0 Å². The van der Waals surface area contributed by atoms with Crippen molar-refractivity contribution in [3.05, 3.63) is 156 Å². The van der Waals surface area contributed by atoms with Gasteiger partial charge in [-0.25, -0.2) is 0 Å². The highest BCUT2D eigenvalue weighted by Gasteiger charge is 2.28. The molecule has 3 heterocycles. The van der Waals surface area contributed by atoms with Crippen LogP contribution in [0.3, 0.4) is 0 Å². The first-order valence-corrected chi connectivity index (χ1v) is 16.5. The van der Waals surface area contributed by atoms with E-state index in [4.69, 9.17) is 4.42 Å². The molecule has 6 nitrogen and oxygen atoms in total. The van der Waals surface area contributed by atoms with E-state index in [1.54, 1.807) is 12.1 Å². The summed E-state index contributed by atoms with van der Waals surface area (Å²) in [4.78, 5) is 0. The molecule has 0 saturated heterocycles. The number of hydrogen-bond acceptors (Lipinski definition) is 4. The zero-order valence-corrected chi connectivity index (χ0v) is 26.9. The van der Waals surface area contributed by atoms with Gasteiger partial charge in [-0.05, 0) is 71.8 Å². The van der Waals surface area contributed by atoms with Gasteiger partial charge in [-0.3, -0.25) is 0 Å². The number of fused-ring (bicyclic) bond motifs is 12. The van der Waals surface area contributed by atoms with Gasteiger partial charge < -0.3 is 13.6 Å². The molecule has 0 aliphatic rings. The second-order valence-corrected chi connectivity index (χ2v) is 12.6. The standard InChI is InChI=1S/C45H23N5O/c46-24-27-16-18-29(19-17-27)30-20-21-36(31(23-30)26-48)50-38-14-5-2-11-34(38)41-44(50)40-33-10-1-4-13-37(33)49(32-9-7-8-28(22-32)25-47)43(40)42-35-12-3-6-15-39(35)51-45(41)42/h1-23H. The van der Waals surface area contributed by atoms with E-state index in [1.807, 2.05) is 91.0 Å². The summed E-state index contributed by atoms with van der Waals surface area (Å²) in [6.07, 6.45) is 0. The van der Waals surface area contributed by atoms with Crippen LogP contribution in [0, 0.1) is 34.0 Å². The molecule has 0 radical (unpaired) electrons. The SMILES string of the molecule is N#Cc1ccc(-c2ccc(-n3c4ccccc4c4c5oc6ccccc6c5c5c(c6ccccc6n5-c5cccc(C#N)c5)c43)c(C#N)c2)cc1. The predicted octanol–water partition coefficient (Wildman–Crippen LogP) is 11.1. The van der Waals surface area contributed by atoms with Gasteiger partial charge in [-0.15, -0.1) is 0 Å². The molecule has 0 amide bonds. The zero-order chi connectivity index (χ0) is 34.2. The molecule has 0 aliphatic carbocycles. The molecular formula is C45H23N5O. The summed E-state index contributed by atoms with van der Waals surface area (Å²) >= 11 is 0. The molecule has 0 bridgehead atoms. The van der Waals surface area contributed by atoms with Crippen molar-refractivity contribution >= 4 is 65.6 Å². The molecule has 0 N–H and O–H groups in total. The fourth-order valence-electron chi connectivity index (χ4n) is 7.85. The molecule has 3 aromatic heterocycles. The second kappa shape index (κ2) is 10.7. The molecule has 0 spiro atoms. The van der Waals surface area contributed by atoms with Gasteiger partial charge in [0, 0.05) is 27.2 Å². The normalized spacial score (nSPS) is 11.5. The topological polar surface area (TPSA) is 94.4 Å². The Morgan fingerprint density at radius 2 is 1.10 bits per heavy atom. The minimum Gasteiger partial charge on any atom is -0.455 e. The summed E-state index contributed by atoms with van der Waals surface area (Å²) in [6.45, 7) is 0. The van der Waals surface area contributed by atoms with E-state index in [1.165, 1.54) is 0 Å². The number of nitriles is 3. The monoisotopic (exact) mass is 649 g/mol. The van der Waals surface area contributed by atoms with Crippen molar-refractivity contribution in [2.24, 2.45) is 0 Å². The largest absolute Gasteiger partial charge is 0.455 e. The van der Waals surface area contributed by atoms with Gasteiger partial charge in [0.15, 0.2) is 0 Å². The summed E-state index contributed by atoms with van der Waals surface area (Å²) < 4.78 is 11.3. The molecule has 10 rings (SSSR count). The minimum absolute atomic E-state index is 0.517. The van der Waals surface area contributed by atoms with E-state index in [0.29, 0.717) is 16.7 Å². The molecule has 0 aliphatic heterocycles. The van der Waals surface area contributed by atoms with E-state index in [9.17, 15) is 15.8 Å². The molecule has 234 valence electrons. The lowest BCUT2D eigenvalue weighted by molar-refractivity contribution is 0.673. The van der Waals surface area contributed by atoms with Crippen LogP contribution in [0.25, 0.3) is 88.1 Å². The Labute approximate surface area is 291 Å². The van der Waals surface area contributed by atoms with E-state index in [2.05, 4.69) is 63.7 Å². The molecule has 10 aromatic rings. The van der Waals surface area contributed by atoms with Crippen molar-refractivity contribution < 1.29 is 4.42 Å². The molecule has 0 saturated carbocycles. The van der Waals surface area contributed by atoms with Crippen molar-refractivity contribution in [1.82, 2.24) is 9.13 Å². The van der Waals surface area contributed by atoms with Crippen molar-refractivity contribution in [3.8, 4) is 40.7 Å². The van der Waals surface area contributed by atoms with Gasteiger partial charge >= 0.3 is 0 Å². The Balaban J connectivity index is 1.44. The lowest BCUT2D eigenvalue weighted by atomic mass is 10.0. The number of para-hydroxylation sites is 3. The average Bonchev–Trinajstić information content (AvgIpc) is 3.85. The van der Waals surface area contributed by atoms with E-state index in [-0.39, 0.29) is 0 Å². The van der Waals surface area contributed by atoms with E-state index >= 15 is 0 Å². The fourth-order valence-corrected chi connectivity index (χ4v) is 7.85. The summed E-state index contributed by atoms with van der Waals surface area (Å²) in [6, 6.07) is 52.9. The highest BCUT2D eigenvalue weighted by atomic mass is 16.3. The Morgan fingerprint density at radius 1 is 0.471 bits per heavy atom. The minimum atomic E-state index is 0.517. The average molecular weight is 650 g/mol. The quantitative estimate of drug-likeness (QED) is 0.190. The maximum Gasteiger partial charge on any atom is 0.147 e. The van der Waals surface area contributed by atoms with Crippen LogP contribution in [-0.4, -0.2) is 9.13 Å². The Kier molecular flexibility index (Phi) is 5.97. The van der Waals surface area contributed by atoms with E-state index in [0.717, 1.165) is 88.1 Å². The van der Waals surface area contributed by atoms with Crippen molar-refractivity contribution in [3.63, 3.8) is 0 Å². The summed E-state index contributed by atoms with van der Waals surface area (Å²) in [7, 11) is 0. The zero-order valence-electron chi connectivity index (χ0n) is 26.9. The molecule has 0 atom stereocenters. The molecule has 0 unspecified atom stereocenters. The first kappa shape index (κ1) is 28.4. The molecule has 0 fully saturated rings. The smallest absolute Gasteiger partial charge is 0.147 e. The fraction of sp³-hybridized carbons (Fsp3) is 0. The van der Waals surface area contributed by atoms with Crippen LogP contribution in [0.5, 0.6) is 0 Å². The van der Waals surface area contributed by atoms with Crippen LogP contribution in [0.2, 0.25) is 0 Å². The highest BCUT2D eigenvalue weighted by Crippen LogP contribution is 2.49. The van der Waals surface area contributed by atoms with Crippen LogP contribution < -0.4 is 0 Å². The van der Waals surface area contributed by atoms with Crippen molar-refractivity contribution in [1.29, 1.82) is 15.8 Å². The first-order valence-electron chi connectivity index (χ1n) is 16.5. The van der Waals surface area contributed by atoms with Crippen LogP contribution in [0.15, 0.2) is 144 Å². The third-order valence-electron chi connectivity index (χ3n) is 9.98. The van der Waals surface area contributed by atoms with Crippen molar-refractivity contribution in [2.75, 3.05) is 0 Å². The van der Waals surface area contributed by atoms with Crippen molar-refractivity contribution in [2.45, 2.75) is 0 Å². The highest BCUT2D eigenvalue weighted by molar-refractivity contribution is 6.39. The van der Waals surface area contributed by atoms with E-state index < -0.39 is 0 Å². The third-order valence-corrected chi connectivity index (χ3v) is 9.98. The Bertz CT molecular complexity index is 3230. The second-order valence-electron chi connectivity index (χ2n) is 12.6. The summed E-state index contributed by atoms with van der Waals surface area (Å²) in [5, 5.41) is 36.0. The third kappa shape index (κ3) is 3.95. The number of aromatic nitrogens is 2. The maximum atomic E-state index is 10.7. The Hall–Kier alpha value is -7.59. The lowest BCUT2D eigenvalue weighted by Crippen LogP contribution is -1.99. The summed E-state index contributed by atoms with van der Waals surface area (Å²) in [5.74, 6) is 0. The lowest BCUT2D eigenvalue weighted by Gasteiger charge is -2.13. The summed E-state index contributed by atoms with van der Waals surface area (Å²) in [5.41, 5.74) is 10.5. The number of nitrogens with zero attached hydrogens (tertiary/aromatic N) is 5. The van der Waals surface area contributed by atoms with Gasteiger partial charge in [-0.2, -0.15) is 15.8 Å². The van der Waals surface area contributed by atoms with Gasteiger partial charge in [0.25, 0.3) is 0 Å². The van der Waals surface area contributed by atoms with Crippen LogP contribution in [0.1, 0.15) is 16.7 Å². The molecular weight excluding hydrogens is 627 g/mol. The van der Waals surface area contributed by atoms with Gasteiger partial charge in [0.1, 0.15) is 17.2 Å². The number of rotatable bonds is 3. The van der Waals surface area contributed by atoms with Gasteiger partial charge in [-0.1, -0.05) is 78.9 Å². The number of hydrogen-bond donors (Lipinski definition) is 0. The van der Waals surface area contributed by atoms with Gasteiger partial charge in [0.2, 0.25) is 0 Å². The maximum absolute atomic E-state index is 10.7. The van der Waals surface area contributed by atoms with Crippen LogP contribution in [-0.2, 0) is 0 Å². The predicted molar refractivity (Wildman–Crippen MR) is 202 cm³/mol. The molecule has 6 heteroatoms. The molecule has 7 aromatic carbocycles. The number of furan rings is 1. The van der Waals surface area contributed by atoms with Crippen LogP contribution in [0.4, 0.5) is 0 Å². The number of benzene rings is 7.